The number of fused-ring (bicyclic) bond motifs is 1. The molecule has 2 amide bonds. The second kappa shape index (κ2) is 12.5. The van der Waals surface area contributed by atoms with Gasteiger partial charge in [-0.25, -0.2) is 0 Å². The number of nitrogens with two attached hydrogens (primary N) is 1. The fourth-order valence-corrected chi connectivity index (χ4v) is 5.26. The van der Waals surface area contributed by atoms with Crippen LogP contribution in [-0.4, -0.2) is 61.1 Å². The molecule has 0 aliphatic carbocycles. The van der Waals surface area contributed by atoms with Crippen molar-refractivity contribution in [3.63, 3.8) is 0 Å². The van der Waals surface area contributed by atoms with Crippen LogP contribution >= 0.6 is 11.6 Å². The van der Waals surface area contributed by atoms with E-state index in [-0.39, 0.29) is 17.9 Å². The van der Waals surface area contributed by atoms with Gasteiger partial charge < -0.3 is 30.6 Å². The molecule has 9 heteroatoms. The standard InChI is InChI=1S/C29H38ClN5O3/c1-19(2)35-18-23(21-8-4-5-9-26(21)35)29(37)32-11-6-7-12-34-13-10-20(17-34)16-33-28(36)22-14-24(30)25(31)15-27(22)38-3/h4-5,8-9,14-15,18-20H,6-7,10-13,16-17,31H2,1-3H3,(H,32,37)(H,33,36)/t20-/m0/s1. The normalized spacial score (nSPS) is 15.8. The van der Waals surface area contributed by atoms with Crippen molar-refractivity contribution < 1.29 is 14.3 Å². The van der Waals surface area contributed by atoms with Gasteiger partial charge in [0.15, 0.2) is 0 Å². The molecule has 0 radical (unpaired) electrons. The second-order valence-electron chi connectivity index (χ2n) is 10.3. The minimum absolute atomic E-state index is 0.0170. The summed E-state index contributed by atoms with van der Waals surface area (Å²) in [5, 5.41) is 7.44. The minimum Gasteiger partial charge on any atom is -0.496 e. The van der Waals surface area contributed by atoms with Crippen LogP contribution in [0.25, 0.3) is 10.9 Å². The highest BCUT2D eigenvalue weighted by Crippen LogP contribution is 2.29. The summed E-state index contributed by atoms with van der Waals surface area (Å²) in [4.78, 5) is 28.0. The Labute approximate surface area is 229 Å². The molecule has 204 valence electrons. The van der Waals surface area contributed by atoms with Crippen LogP contribution in [0.3, 0.4) is 0 Å². The molecule has 4 N–H and O–H groups in total. The van der Waals surface area contributed by atoms with E-state index in [1.54, 1.807) is 12.1 Å². The lowest BCUT2D eigenvalue weighted by Crippen LogP contribution is -2.31. The van der Waals surface area contributed by atoms with Crippen molar-refractivity contribution in [3.05, 3.63) is 58.7 Å². The molecule has 2 heterocycles. The average molecular weight is 540 g/mol. The summed E-state index contributed by atoms with van der Waals surface area (Å²) in [6.07, 6.45) is 4.93. The zero-order valence-electron chi connectivity index (χ0n) is 22.4. The maximum Gasteiger partial charge on any atom is 0.255 e. The summed E-state index contributed by atoms with van der Waals surface area (Å²) < 4.78 is 7.44. The molecule has 1 aromatic heterocycles. The predicted molar refractivity (Wildman–Crippen MR) is 153 cm³/mol. The van der Waals surface area contributed by atoms with E-state index in [4.69, 9.17) is 22.1 Å². The quantitative estimate of drug-likeness (QED) is 0.241. The van der Waals surface area contributed by atoms with Crippen LogP contribution in [0.2, 0.25) is 5.02 Å². The fraction of sp³-hybridized carbons (Fsp3) is 0.448. The molecule has 4 rings (SSSR count). The van der Waals surface area contributed by atoms with Crippen molar-refractivity contribution >= 4 is 40.0 Å². The molecule has 1 aliphatic heterocycles. The molecule has 1 fully saturated rings. The number of nitrogens with one attached hydrogen (secondary N) is 2. The number of nitrogen functional groups attached to an aromatic ring is 1. The number of para-hydroxylation sites is 1. The number of hydrogen-bond acceptors (Lipinski definition) is 5. The number of benzene rings is 2. The number of halogens is 1. The third-order valence-corrected chi connectivity index (χ3v) is 7.54. The predicted octanol–water partition coefficient (Wildman–Crippen LogP) is 4.73. The van der Waals surface area contributed by atoms with Crippen LogP contribution < -0.4 is 21.1 Å². The van der Waals surface area contributed by atoms with E-state index in [0.717, 1.165) is 55.4 Å². The Bertz CT molecular complexity index is 1290. The molecule has 1 saturated heterocycles. The number of anilines is 1. The first-order chi connectivity index (χ1) is 18.3. The maximum absolute atomic E-state index is 12.9. The van der Waals surface area contributed by atoms with Crippen molar-refractivity contribution in [3.8, 4) is 5.75 Å². The lowest BCUT2D eigenvalue weighted by molar-refractivity contribution is 0.0939. The zero-order chi connectivity index (χ0) is 27.2. The summed E-state index contributed by atoms with van der Waals surface area (Å²) >= 11 is 6.10. The molecule has 3 aromatic rings. The summed E-state index contributed by atoms with van der Waals surface area (Å²) in [6.45, 7) is 8.43. The third kappa shape index (κ3) is 6.42. The number of rotatable bonds is 11. The van der Waals surface area contributed by atoms with Gasteiger partial charge in [-0.05, 0) is 64.3 Å². The van der Waals surface area contributed by atoms with Crippen molar-refractivity contribution in [1.82, 2.24) is 20.1 Å². The minimum atomic E-state index is -0.213. The van der Waals surface area contributed by atoms with E-state index in [0.29, 0.717) is 41.0 Å². The smallest absolute Gasteiger partial charge is 0.255 e. The van der Waals surface area contributed by atoms with Crippen LogP contribution in [0.4, 0.5) is 5.69 Å². The Kier molecular flexibility index (Phi) is 9.17. The second-order valence-corrected chi connectivity index (χ2v) is 10.7. The zero-order valence-corrected chi connectivity index (χ0v) is 23.2. The highest BCUT2D eigenvalue weighted by Gasteiger charge is 2.23. The number of aromatic nitrogens is 1. The highest BCUT2D eigenvalue weighted by atomic mass is 35.5. The first-order valence-corrected chi connectivity index (χ1v) is 13.7. The van der Waals surface area contributed by atoms with Gasteiger partial charge >= 0.3 is 0 Å². The molecule has 1 aliphatic rings. The molecule has 38 heavy (non-hydrogen) atoms. The SMILES string of the molecule is COc1cc(N)c(Cl)cc1C(=O)NC[C@@H]1CCN(CCCCNC(=O)c2cn(C(C)C)c3ccccc23)C1. The number of ether oxygens (including phenoxy) is 1. The van der Waals surface area contributed by atoms with E-state index in [1.807, 2.05) is 24.4 Å². The third-order valence-electron chi connectivity index (χ3n) is 7.21. The summed E-state index contributed by atoms with van der Waals surface area (Å²) in [7, 11) is 1.51. The fourth-order valence-electron chi connectivity index (χ4n) is 5.10. The van der Waals surface area contributed by atoms with Gasteiger partial charge in [0.05, 0.1) is 28.9 Å². The Morgan fingerprint density at radius 2 is 1.89 bits per heavy atom. The number of methoxy groups -OCH3 is 1. The van der Waals surface area contributed by atoms with Gasteiger partial charge in [0.25, 0.3) is 11.8 Å². The number of unbranched alkanes of at least 4 members (excludes halogenated alkanes) is 1. The van der Waals surface area contributed by atoms with E-state index in [1.165, 1.54) is 7.11 Å². The van der Waals surface area contributed by atoms with Crippen molar-refractivity contribution in [2.24, 2.45) is 5.92 Å². The topological polar surface area (TPSA) is 102 Å². The van der Waals surface area contributed by atoms with E-state index >= 15 is 0 Å². The van der Waals surface area contributed by atoms with Gasteiger partial charge in [0, 0.05) is 48.8 Å². The first-order valence-electron chi connectivity index (χ1n) is 13.3. The van der Waals surface area contributed by atoms with E-state index in [2.05, 4.69) is 40.0 Å². The lowest BCUT2D eigenvalue weighted by Gasteiger charge is -2.17. The Morgan fingerprint density at radius 1 is 1.13 bits per heavy atom. The summed E-state index contributed by atoms with van der Waals surface area (Å²) in [6, 6.07) is 11.5. The number of hydrogen-bond donors (Lipinski definition) is 3. The largest absolute Gasteiger partial charge is 0.496 e. The molecule has 2 aromatic carbocycles. The van der Waals surface area contributed by atoms with Gasteiger partial charge in [-0.2, -0.15) is 0 Å². The van der Waals surface area contributed by atoms with Crippen molar-refractivity contribution in [1.29, 1.82) is 0 Å². The van der Waals surface area contributed by atoms with Crippen LogP contribution in [0.1, 0.15) is 59.9 Å². The van der Waals surface area contributed by atoms with Crippen LogP contribution in [0, 0.1) is 5.92 Å². The van der Waals surface area contributed by atoms with E-state index in [9.17, 15) is 9.59 Å². The number of nitrogens with zero attached hydrogens (tertiary/aromatic N) is 2. The summed E-state index contributed by atoms with van der Waals surface area (Å²) in [5.74, 6) is 0.577. The molecular formula is C29H38ClN5O3. The Morgan fingerprint density at radius 3 is 2.66 bits per heavy atom. The number of carbonyl (C=O) groups excluding carboxylic acids is 2. The molecule has 0 spiro atoms. The van der Waals surface area contributed by atoms with Crippen molar-refractivity contribution in [2.45, 2.75) is 39.2 Å². The Hall–Kier alpha value is -3.23. The molecule has 8 nitrogen and oxygen atoms in total. The molecular weight excluding hydrogens is 502 g/mol. The number of likely N-dealkylation sites (tertiary alicyclic amines) is 1. The van der Waals surface area contributed by atoms with Gasteiger partial charge in [-0.3, -0.25) is 9.59 Å². The number of carbonyl (C=O) groups is 2. The van der Waals surface area contributed by atoms with Gasteiger partial charge in [-0.15, -0.1) is 0 Å². The van der Waals surface area contributed by atoms with Gasteiger partial charge in [0.2, 0.25) is 0 Å². The van der Waals surface area contributed by atoms with E-state index < -0.39 is 0 Å². The Balaban J connectivity index is 1.17. The molecule has 1 atom stereocenters. The van der Waals surface area contributed by atoms with Crippen LogP contribution in [0.5, 0.6) is 5.75 Å². The lowest BCUT2D eigenvalue weighted by atomic mass is 10.1. The monoisotopic (exact) mass is 539 g/mol. The first kappa shape index (κ1) is 27.8. The summed E-state index contributed by atoms with van der Waals surface area (Å²) in [5.41, 5.74) is 8.40. The molecule has 0 unspecified atom stereocenters. The van der Waals surface area contributed by atoms with Crippen LogP contribution in [-0.2, 0) is 0 Å². The van der Waals surface area contributed by atoms with Gasteiger partial charge in [0.1, 0.15) is 5.75 Å². The highest BCUT2D eigenvalue weighted by molar-refractivity contribution is 6.33. The maximum atomic E-state index is 12.9. The number of amides is 2. The van der Waals surface area contributed by atoms with Crippen LogP contribution in [0.15, 0.2) is 42.6 Å². The average Bonchev–Trinajstić information content (AvgIpc) is 3.53. The van der Waals surface area contributed by atoms with Crippen molar-refractivity contribution in [2.75, 3.05) is 45.6 Å². The molecule has 0 bridgehead atoms. The van der Waals surface area contributed by atoms with Gasteiger partial charge in [-0.1, -0.05) is 29.8 Å². The molecule has 0 saturated carbocycles.